The van der Waals surface area contributed by atoms with Gasteiger partial charge in [-0.15, -0.1) is 0 Å². The Morgan fingerprint density at radius 2 is 1.88 bits per heavy atom. The van der Waals surface area contributed by atoms with Crippen molar-refractivity contribution in [2.24, 2.45) is 11.8 Å². The summed E-state index contributed by atoms with van der Waals surface area (Å²) < 4.78 is 10.5. The Morgan fingerprint density at radius 1 is 1.19 bits per heavy atom. The van der Waals surface area contributed by atoms with Crippen LogP contribution in [0.3, 0.4) is 0 Å². The molecule has 0 aromatic heterocycles. The summed E-state index contributed by atoms with van der Waals surface area (Å²) in [6, 6.07) is 7.78. The number of rotatable bonds is 7. The van der Waals surface area contributed by atoms with E-state index in [1.165, 1.54) is 7.11 Å². The fourth-order valence-electron chi connectivity index (χ4n) is 4.46. The molecule has 32 heavy (non-hydrogen) atoms. The van der Waals surface area contributed by atoms with Gasteiger partial charge in [-0.05, 0) is 37.5 Å². The molecule has 0 saturated heterocycles. The van der Waals surface area contributed by atoms with Gasteiger partial charge in [0.2, 0.25) is 0 Å². The second-order valence-electron chi connectivity index (χ2n) is 8.28. The maximum Gasteiger partial charge on any atom is 0.336 e. The average Bonchev–Trinajstić information content (AvgIpc) is 2.76. The molecule has 6 nitrogen and oxygen atoms in total. The monoisotopic (exact) mass is 457 g/mol. The molecule has 3 rings (SSSR count). The predicted octanol–water partition coefficient (Wildman–Crippen LogP) is 3.90. The van der Waals surface area contributed by atoms with Gasteiger partial charge < -0.3 is 14.8 Å². The van der Waals surface area contributed by atoms with E-state index in [1.807, 2.05) is 45.0 Å². The lowest BCUT2D eigenvalue weighted by atomic mass is 9.69. The molecule has 0 fully saturated rings. The number of benzene rings is 1. The number of nitrogens with one attached hydrogen (secondary N) is 1. The standard InChI is InChI=1S/C25H31NO5S/c1-6-32-12-11-31-25(29)20-16(4)26-18-13-15(3)19(24(28)30-5)23(27)22(18)21(20)17-9-7-14(2)8-10-17/h7-10,15,19,21,26H,6,11-13H2,1-5H3/t15-,19+,21-/m0/s1. The Hall–Kier alpha value is -2.54. The zero-order valence-corrected chi connectivity index (χ0v) is 20.1. The van der Waals surface area contributed by atoms with Crippen LogP contribution in [0.5, 0.6) is 0 Å². The van der Waals surface area contributed by atoms with Crippen molar-refractivity contribution in [3.05, 3.63) is 57.9 Å². The first-order valence-corrected chi connectivity index (χ1v) is 12.1. The third kappa shape index (κ3) is 4.77. The molecule has 1 heterocycles. The summed E-state index contributed by atoms with van der Waals surface area (Å²) >= 11 is 1.70. The number of esters is 2. The lowest BCUT2D eigenvalue weighted by Crippen LogP contribution is -2.43. The zero-order valence-electron chi connectivity index (χ0n) is 19.3. The van der Waals surface area contributed by atoms with Gasteiger partial charge >= 0.3 is 11.9 Å². The third-order valence-corrected chi connectivity index (χ3v) is 6.90. The number of hydrogen-bond donors (Lipinski definition) is 1. The molecule has 1 N–H and O–H groups in total. The number of carbonyl (C=O) groups excluding carboxylic acids is 3. The molecule has 1 aliphatic carbocycles. The summed E-state index contributed by atoms with van der Waals surface area (Å²) in [5.74, 6) is -1.28. The third-order valence-electron chi connectivity index (χ3n) is 6.04. The highest BCUT2D eigenvalue weighted by molar-refractivity contribution is 7.99. The Morgan fingerprint density at radius 3 is 2.50 bits per heavy atom. The number of thioether (sulfide) groups is 1. The Balaban J connectivity index is 2.06. The number of ether oxygens (including phenoxy) is 2. The maximum atomic E-state index is 13.6. The first-order chi connectivity index (χ1) is 15.3. The van der Waals surface area contributed by atoms with Gasteiger partial charge in [0, 0.05) is 28.6 Å². The number of allylic oxidation sites excluding steroid dienone is 3. The summed E-state index contributed by atoms with van der Waals surface area (Å²) in [6.45, 7) is 8.05. The first kappa shape index (κ1) is 24.1. The zero-order chi connectivity index (χ0) is 23.4. The van der Waals surface area contributed by atoms with Gasteiger partial charge in [-0.3, -0.25) is 9.59 Å². The van der Waals surface area contributed by atoms with Crippen LogP contribution in [0.4, 0.5) is 0 Å². The summed E-state index contributed by atoms with van der Waals surface area (Å²) in [6.07, 6.45) is 0.524. The van der Waals surface area contributed by atoms with Crippen molar-refractivity contribution in [1.82, 2.24) is 5.32 Å². The number of methoxy groups -OCH3 is 1. The normalized spacial score (nSPS) is 22.9. The molecule has 1 aliphatic heterocycles. The molecule has 0 unspecified atom stereocenters. The van der Waals surface area contributed by atoms with Gasteiger partial charge in [0.25, 0.3) is 0 Å². The molecule has 0 spiro atoms. The summed E-state index contributed by atoms with van der Waals surface area (Å²) in [7, 11) is 1.30. The molecule has 1 aromatic rings. The maximum absolute atomic E-state index is 13.6. The van der Waals surface area contributed by atoms with E-state index in [1.54, 1.807) is 11.8 Å². The second-order valence-corrected chi connectivity index (χ2v) is 9.67. The fourth-order valence-corrected chi connectivity index (χ4v) is 4.95. The summed E-state index contributed by atoms with van der Waals surface area (Å²) in [4.78, 5) is 39.2. The van der Waals surface area contributed by atoms with Crippen molar-refractivity contribution >= 4 is 29.5 Å². The topological polar surface area (TPSA) is 81.7 Å². The average molecular weight is 458 g/mol. The van der Waals surface area contributed by atoms with Crippen LogP contribution in [-0.4, -0.2) is 42.9 Å². The van der Waals surface area contributed by atoms with Crippen LogP contribution in [0.15, 0.2) is 46.8 Å². The predicted molar refractivity (Wildman–Crippen MR) is 125 cm³/mol. The molecule has 0 saturated carbocycles. The van der Waals surface area contributed by atoms with E-state index in [0.717, 1.165) is 22.6 Å². The molecule has 0 amide bonds. The van der Waals surface area contributed by atoms with E-state index >= 15 is 0 Å². The van der Waals surface area contributed by atoms with Crippen LogP contribution in [0.1, 0.15) is 44.2 Å². The fraction of sp³-hybridized carbons (Fsp3) is 0.480. The first-order valence-electron chi connectivity index (χ1n) is 10.9. The SMILES string of the molecule is CCSCCOC(=O)C1=C(C)NC2=C(C(=O)[C@H](C(=O)OC)[C@@H](C)C2)[C@H]1c1ccc(C)cc1. The van der Waals surface area contributed by atoms with Crippen LogP contribution in [0.2, 0.25) is 0 Å². The number of Topliss-reactive ketones (excluding diaryl/α,β-unsaturated/α-hetero) is 1. The lowest BCUT2D eigenvalue weighted by molar-refractivity contribution is -0.151. The molecule has 2 aliphatic rings. The Kier molecular flexibility index (Phi) is 7.82. The second kappa shape index (κ2) is 10.4. The number of ketones is 1. The Labute approximate surface area is 193 Å². The molecular formula is C25H31NO5S. The minimum Gasteiger partial charge on any atom is -0.468 e. The molecular weight excluding hydrogens is 426 g/mol. The van der Waals surface area contributed by atoms with Gasteiger partial charge in [-0.1, -0.05) is 43.7 Å². The van der Waals surface area contributed by atoms with Crippen molar-refractivity contribution < 1.29 is 23.9 Å². The van der Waals surface area contributed by atoms with E-state index in [9.17, 15) is 14.4 Å². The highest BCUT2D eigenvalue weighted by atomic mass is 32.2. The van der Waals surface area contributed by atoms with Crippen LogP contribution < -0.4 is 5.32 Å². The van der Waals surface area contributed by atoms with Crippen molar-refractivity contribution in [2.45, 2.75) is 40.0 Å². The van der Waals surface area contributed by atoms with Crippen molar-refractivity contribution in [3.63, 3.8) is 0 Å². The van der Waals surface area contributed by atoms with Gasteiger partial charge in [-0.25, -0.2) is 4.79 Å². The van der Waals surface area contributed by atoms with Gasteiger partial charge in [0.15, 0.2) is 5.78 Å². The quantitative estimate of drug-likeness (QED) is 0.378. The van der Waals surface area contributed by atoms with Crippen LogP contribution >= 0.6 is 11.8 Å². The van der Waals surface area contributed by atoms with Crippen molar-refractivity contribution in [3.8, 4) is 0 Å². The molecule has 0 radical (unpaired) electrons. The van der Waals surface area contributed by atoms with E-state index < -0.39 is 23.8 Å². The molecule has 7 heteroatoms. The summed E-state index contributed by atoms with van der Waals surface area (Å²) in [5, 5.41) is 3.28. The minimum absolute atomic E-state index is 0.202. The van der Waals surface area contributed by atoms with E-state index in [4.69, 9.17) is 9.47 Å². The highest BCUT2D eigenvalue weighted by Crippen LogP contribution is 2.45. The largest absolute Gasteiger partial charge is 0.468 e. The lowest BCUT2D eigenvalue weighted by Gasteiger charge is -2.38. The van der Waals surface area contributed by atoms with Crippen LogP contribution in [-0.2, 0) is 23.9 Å². The molecule has 172 valence electrons. The number of aryl methyl sites for hydroxylation is 1. The highest BCUT2D eigenvalue weighted by Gasteiger charge is 2.47. The van der Waals surface area contributed by atoms with Crippen molar-refractivity contribution in [2.75, 3.05) is 25.2 Å². The van der Waals surface area contributed by atoms with E-state index in [0.29, 0.717) is 35.6 Å². The number of carbonyl (C=O) groups is 3. The van der Waals surface area contributed by atoms with E-state index in [2.05, 4.69) is 12.2 Å². The molecule has 1 aromatic carbocycles. The minimum atomic E-state index is -0.884. The van der Waals surface area contributed by atoms with Gasteiger partial charge in [0.05, 0.1) is 12.7 Å². The Bertz CT molecular complexity index is 963. The molecule has 0 bridgehead atoms. The van der Waals surface area contributed by atoms with Gasteiger partial charge in [0.1, 0.15) is 12.5 Å². The van der Waals surface area contributed by atoms with Crippen LogP contribution in [0, 0.1) is 18.8 Å². The summed E-state index contributed by atoms with van der Waals surface area (Å²) in [5.41, 5.74) is 4.23. The van der Waals surface area contributed by atoms with Crippen LogP contribution in [0.25, 0.3) is 0 Å². The molecule has 3 atom stereocenters. The number of dihydropyridines is 1. The smallest absolute Gasteiger partial charge is 0.336 e. The van der Waals surface area contributed by atoms with Crippen molar-refractivity contribution in [1.29, 1.82) is 0 Å². The van der Waals surface area contributed by atoms with Gasteiger partial charge in [-0.2, -0.15) is 11.8 Å². The van der Waals surface area contributed by atoms with E-state index in [-0.39, 0.29) is 11.7 Å². The number of hydrogen-bond acceptors (Lipinski definition) is 7.